The van der Waals surface area contributed by atoms with E-state index in [1.165, 1.54) is 5.56 Å². The number of para-hydroxylation sites is 1. The number of likely N-dealkylation sites (tertiary alicyclic amines) is 1. The minimum Gasteiger partial charge on any atom is -0.343 e. The maximum absolute atomic E-state index is 12.6. The first-order valence-corrected chi connectivity index (χ1v) is 11.5. The number of carbonyl (C=O) groups is 1. The molecule has 1 aromatic heterocycles. The van der Waals surface area contributed by atoms with Crippen LogP contribution in [0.1, 0.15) is 44.1 Å². The van der Waals surface area contributed by atoms with E-state index >= 15 is 0 Å². The number of hydrogen-bond acceptors (Lipinski definition) is 3. The van der Waals surface area contributed by atoms with E-state index in [9.17, 15) is 9.59 Å². The van der Waals surface area contributed by atoms with Crippen molar-refractivity contribution in [3.8, 4) is 0 Å². The summed E-state index contributed by atoms with van der Waals surface area (Å²) < 4.78 is 1.68. The SMILES string of the molecule is O=C(CCCCCn1cnc2ccccc2c1=O)N1CCC(Cc2ccccc2)CC1. The van der Waals surface area contributed by atoms with E-state index in [1.54, 1.807) is 10.9 Å². The Hall–Kier alpha value is -2.95. The van der Waals surface area contributed by atoms with E-state index in [-0.39, 0.29) is 11.5 Å². The third kappa shape index (κ3) is 5.60. The molecule has 1 fully saturated rings. The van der Waals surface area contributed by atoms with E-state index in [1.807, 2.05) is 29.2 Å². The molecule has 4 rings (SSSR count). The number of amides is 1. The van der Waals surface area contributed by atoms with Gasteiger partial charge in [0.15, 0.2) is 0 Å². The molecule has 1 aliphatic rings. The van der Waals surface area contributed by atoms with Gasteiger partial charge in [0.25, 0.3) is 5.56 Å². The molecule has 2 aromatic carbocycles. The summed E-state index contributed by atoms with van der Waals surface area (Å²) >= 11 is 0. The molecule has 0 spiro atoms. The van der Waals surface area contributed by atoms with Crippen molar-refractivity contribution < 1.29 is 4.79 Å². The van der Waals surface area contributed by atoms with Crippen LogP contribution in [0.25, 0.3) is 10.9 Å². The Balaban J connectivity index is 1.15. The quantitative estimate of drug-likeness (QED) is 0.509. The van der Waals surface area contributed by atoms with Gasteiger partial charge in [-0.3, -0.25) is 14.2 Å². The smallest absolute Gasteiger partial charge is 0.261 e. The highest BCUT2D eigenvalue weighted by Crippen LogP contribution is 2.22. The monoisotopic (exact) mass is 417 g/mol. The molecule has 162 valence electrons. The van der Waals surface area contributed by atoms with Gasteiger partial charge in [-0.15, -0.1) is 0 Å². The Morgan fingerprint density at radius 3 is 2.48 bits per heavy atom. The average molecular weight is 418 g/mol. The summed E-state index contributed by atoms with van der Waals surface area (Å²) in [5, 5.41) is 0.663. The van der Waals surface area contributed by atoms with Crippen molar-refractivity contribution in [2.24, 2.45) is 5.92 Å². The lowest BCUT2D eigenvalue weighted by molar-refractivity contribution is -0.132. The molecule has 5 nitrogen and oxygen atoms in total. The Kier molecular flexibility index (Phi) is 7.13. The number of benzene rings is 2. The predicted molar refractivity (Wildman–Crippen MR) is 124 cm³/mol. The fraction of sp³-hybridized carbons (Fsp3) is 0.423. The van der Waals surface area contributed by atoms with Crippen LogP contribution in [-0.2, 0) is 17.8 Å². The molecule has 1 amide bonds. The van der Waals surface area contributed by atoms with E-state index in [2.05, 4.69) is 35.3 Å². The second-order valence-corrected chi connectivity index (χ2v) is 8.58. The summed E-state index contributed by atoms with van der Waals surface area (Å²) in [5.74, 6) is 0.961. The van der Waals surface area contributed by atoms with Crippen molar-refractivity contribution >= 4 is 16.8 Å². The minimum absolute atomic E-state index is 0.0139. The molecule has 0 unspecified atom stereocenters. The van der Waals surface area contributed by atoms with Crippen molar-refractivity contribution in [3.63, 3.8) is 0 Å². The zero-order valence-electron chi connectivity index (χ0n) is 18.1. The highest BCUT2D eigenvalue weighted by atomic mass is 16.2. The van der Waals surface area contributed by atoms with Crippen LogP contribution in [0.15, 0.2) is 65.7 Å². The summed E-state index contributed by atoms with van der Waals surface area (Å²) in [7, 11) is 0. The van der Waals surface area contributed by atoms with Gasteiger partial charge in [0.05, 0.1) is 17.2 Å². The van der Waals surface area contributed by atoms with Crippen LogP contribution in [0.4, 0.5) is 0 Å². The molecule has 3 aromatic rings. The maximum atomic E-state index is 12.6. The zero-order chi connectivity index (χ0) is 21.5. The highest BCUT2D eigenvalue weighted by Gasteiger charge is 2.22. The van der Waals surface area contributed by atoms with Crippen LogP contribution in [0.5, 0.6) is 0 Å². The van der Waals surface area contributed by atoms with Crippen molar-refractivity contribution in [2.45, 2.75) is 51.5 Å². The number of piperidine rings is 1. The molecule has 31 heavy (non-hydrogen) atoms. The van der Waals surface area contributed by atoms with Gasteiger partial charge in [0.1, 0.15) is 0 Å². The van der Waals surface area contributed by atoms with Crippen molar-refractivity contribution in [1.82, 2.24) is 14.5 Å². The van der Waals surface area contributed by atoms with E-state index in [4.69, 9.17) is 0 Å². The van der Waals surface area contributed by atoms with Crippen LogP contribution >= 0.6 is 0 Å². The van der Waals surface area contributed by atoms with Gasteiger partial charge in [0, 0.05) is 26.1 Å². The number of nitrogens with zero attached hydrogens (tertiary/aromatic N) is 3. The Morgan fingerprint density at radius 1 is 0.935 bits per heavy atom. The molecule has 0 saturated carbocycles. The van der Waals surface area contributed by atoms with Gasteiger partial charge in [-0.1, -0.05) is 48.9 Å². The Labute approximate surface area is 183 Å². The number of hydrogen-bond donors (Lipinski definition) is 0. The molecule has 0 atom stereocenters. The number of aromatic nitrogens is 2. The minimum atomic E-state index is 0.0139. The van der Waals surface area contributed by atoms with E-state index in [0.717, 1.165) is 57.1 Å². The van der Waals surface area contributed by atoms with Gasteiger partial charge in [-0.2, -0.15) is 0 Å². The van der Waals surface area contributed by atoms with E-state index < -0.39 is 0 Å². The Bertz CT molecular complexity index is 1050. The lowest BCUT2D eigenvalue weighted by Crippen LogP contribution is -2.38. The molecule has 0 bridgehead atoms. The molecular weight excluding hydrogens is 386 g/mol. The highest BCUT2D eigenvalue weighted by molar-refractivity contribution is 5.77. The molecule has 5 heteroatoms. The summed E-state index contributed by atoms with van der Waals surface area (Å²) in [6.07, 6.45) is 8.24. The van der Waals surface area contributed by atoms with E-state index in [0.29, 0.717) is 24.3 Å². The van der Waals surface area contributed by atoms with Crippen LogP contribution < -0.4 is 5.56 Å². The molecule has 1 aliphatic heterocycles. The third-order valence-corrected chi connectivity index (χ3v) is 6.36. The zero-order valence-corrected chi connectivity index (χ0v) is 18.1. The lowest BCUT2D eigenvalue weighted by Gasteiger charge is -2.32. The second-order valence-electron chi connectivity index (χ2n) is 8.58. The van der Waals surface area contributed by atoms with Crippen LogP contribution in [-0.4, -0.2) is 33.4 Å². The number of unbranched alkanes of at least 4 members (excludes halogenated alkanes) is 2. The molecular formula is C26H31N3O2. The number of fused-ring (bicyclic) bond motifs is 1. The van der Waals surface area contributed by atoms with Gasteiger partial charge in [-0.05, 0) is 55.7 Å². The maximum Gasteiger partial charge on any atom is 0.261 e. The molecule has 2 heterocycles. The molecule has 0 N–H and O–H groups in total. The van der Waals surface area contributed by atoms with Crippen LogP contribution in [0, 0.1) is 5.92 Å². The van der Waals surface area contributed by atoms with Gasteiger partial charge < -0.3 is 4.90 Å². The topological polar surface area (TPSA) is 55.2 Å². The predicted octanol–water partition coefficient (Wildman–Crippen LogP) is 4.44. The summed E-state index contributed by atoms with van der Waals surface area (Å²) in [6, 6.07) is 18.1. The van der Waals surface area contributed by atoms with Gasteiger partial charge >= 0.3 is 0 Å². The number of rotatable bonds is 8. The largest absolute Gasteiger partial charge is 0.343 e. The Morgan fingerprint density at radius 2 is 1.68 bits per heavy atom. The summed E-state index contributed by atoms with van der Waals surface area (Å²) in [6.45, 7) is 2.42. The molecule has 0 aliphatic carbocycles. The fourth-order valence-electron chi connectivity index (χ4n) is 4.49. The summed E-state index contributed by atoms with van der Waals surface area (Å²) in [5.41, 5.74) is 2.15. The first-order valence-electron chi connectivity index (χ1n) is 11.5. The van der Waals surface area contributed by atoms with Gasteiger partial charge in [-0.25, -0.2) is 4.98 Å². The second kappa shape index (κ2) is 10.4. The van der Waals surface area contributed by atoms with Crippen LogP contribution in [0.3, 0.4) is 0 Å². The molecule has 0 radical (unpaired) electrons. The number of aryl methyl sites for hydroxylation is 1. The normalized spacial score (nSPS) is 14.8. The average Bonchev–Trinajstić information content (AvgIpc) is 2.81. The first-order chi connectivity index (χ1) is 15.2. The standard InChI is InChI=1S/C26H31N3O2/c30-25(28-17-14-22(15-18-28)19-21-9-3-1-4-10-21)13-5-2-8-16-29-20-27-24-12-7-6-11-23(24)26(29)31/h1,3-4,6-7,9-12,20,22H,2,5,8,13-19H2. The molecule has 1 saturated heterocycles. The van der Waals surface area contributed by atoms with Crippen molar-refractivity contribution in [2.75, 3.05) is 13.1 Å². The first kappa shape index (κ1) is 21.3. The summed E-state index contributed by atoms with van der Waals surface area (Å²) in [4.78, 5) is 31.5. The van der Waals surface area contributed by atoms with Crippen molar-refractivity contribution in [3.05, 3.63) is 76.8 Å². The van der Waals surface area contributed by atoms with Crippen molar-refractivity contribution in [1.29, 1.82) is 0 Å². The number of carbonyl (C=O) groups excluding carboxylic acids is 1. The fourth-order valence-corrected chi connectivity index (χ4v) is 4.49. The lowest BCUT2D eigenvalue weighted by atomic mass is 9.90. The van der Waals surface area contributed by atoms with Gasteiger partial charge in [0.2, 0.25) is 5.91 Å². The third-order valence-electron chi connectivity index (χ3n) is 6.36. The van der Waals surface area contributed by atoms with Crippen LogP contribution in [0.2, 0.25) is 0 Å².